The zero-order valence-corrected chi connectivity index (χ0v) is 19.6. The van der Waals surface area contributed by atoms with Gasteiger partial charge in [0.05, 0.1) is 35.4 Å². The summed E-state index contributed by atoms with van der Waals surface area (Å²) < 4.78 is 0. The number of nitrogens with one attached hydrogen (secondary N) is 2. The second-order valence-corrected chi connectivity index (χ2v) is 9.00. The quantitative estimate of drug-likeness (QED) is 0.655. The van der Waals surface area contributed by atoms with Gasteiger partial charge in [-0.1, -0.05) is 6.07 Å². The summed E-state index contributed by atoms with van der Waals surface area (Å²) in [6.07, 6.45) is 5.85. The molecule has 32 heavy (non-hydrogen) atoms. The number of pyridine rings is 1. The standard InChI is InChI=1S/C24H36N8/c1-19-23(27-17-25-19)15-31-11-5-9-30(3)10-6-12-32(16-24-20(2)26-18-28-24)14-22-8-4-7-21(13-31)29-22/h4,7-8,17-18H,5-6,9-16H2,1-3H3,(H,25,27)(H,26,28). The van der Waals surface area contributed by atoms with Crippen molar-refractivity contribution >= 4 is 0 Å². The van der Waals surface area contributed by atoms with Crippen LogP contribution in [-0.4, -0.2) is 72.8 Å². The number of hydrogen-bond acceptors (Lipinski definition) is 6. The molecule has 1 aliphatic rings. The van der Waals surface area contributed by atoms with E-state index in [9.17, 15) is 0 Å². The molecule has 1 aliphatic heterocycles. The van der Waals surface area contributed by atoms with Gasteiger partial charge < -0.3 is 14.9 Å². The molecular weight excluding hydrogens is 400 g/mol. The van der Waals surface area contributed by atoms with Gasteiger partial charge >= 0.3 is 0 Å². The maximum Gasteiger partial charge on any atom is 0.0925 e. The third-order valence-corrected chi connectivity index (χ3v) is 6.28. The topological polar surface area (TPSA) is 80.0 Å². The fourth-order valence-corrected chi connectivity index (χ4v) is 4.35. The fourth-order valence-electron chi connectivity index (χ4n) is 4.35. The summed E-state index contributed by atoms with van der Waals surface area (Å²) in [5.74, 6) is 0. The van der Waals surface area contributed by atoms with E-state index >= 15 is 0 Å². The number of aryl methyl sites for hydroxylation is 2. The molecule has 3 aromatic rings. The molecule has 0 fully saturated rings. The third kappa shape index (κ3) is 6.25. The van der Waals surface area contributed by atoms with E-state index in [-0.39, 0.29) is 0 Å². The van der Waals surface area contributed by atoms with Crippen LogP contribution in [0, 0.1) is 13.8 Å². The van der Waals surface area contributed by atoms with Crippen molar-refractivity contribution in [2.45, 2.75) is 52.9 Å². The molecule has 0 saturated carbocycles. The molecule has 0 radical (unpaired) electrons. The van der Waals surface area contributed by atoms with E-state index in [1.165, 1.54) is 0 Å². The van der Waals surface area contributed by atoms with Gasteiger partial charge in [-0.15, -0.1) is 0 Å². The number of rotatable bonds is 4. The molecule has 8 heteroatoms. The van der Waals surface area contributed by atoms with Crippen LogP contribution in [-0.2, 0) is 26.2 Å². The number of hydrogen-bond donors (Lipinski definition) is 2. The van der Waals surface area contributed by atoms with Gasteiger partial charge in [-0.25, -0.2) is 9.97 Å². The van der Waals surface area contributed by atoms with E-state index < -0.39 is 0 Å². The Kier molecular flexibility index (Phi) is 7.68. The lowest BCUT2D eigenvalue weighted by Crippen LogP contribution is -2.32. The highest BCUT2D eigenvalue weighted by Gasteiger charge is 2.15. The molecular formula is C24H36N8. The molecule has 3 aromatic heterocycles. The minimum Gasteiger partial charge on any atom is -0.348 e. The van der Waals surface area contributed by atoms with Crippen molar-refractivity contribution in [1.82, 2.24) is 39.6 Å². The molecule has 2 bridgehead atoms. The first-order chi connectivity index (χ1) is 15.6. The molecule has 0 aromatic carbocycles. The van der Waals surface area contributed by atoms with E-state index in [0.29, 0.717) is 0 Å². The first kappa shape index (κ1) is 22.6. The lowest BCUT2D eigenvalue weighted by Gasteiger charge is -2.26. The molecule has 172 valence electrons. The Morgan fingerprint density at radius 2 is 1.28 bits per heavy atom. The van der Waals surface area contributed by atoms with Gasteiger partial charge in [0, 0.05) is 50.7 Å². The molecule has 0 spiro atoms. The predicted octanol–water partition coefficient (Wildman–Crippen LogP) is 2.87. The minimum atomic E-state index is 0.836. The van der Waals surface area contributed by atoms with Crippen LogP contribution in [0.15, 0.2) is 30.9 Å². The highest BCUT2D eigenvalue weighted by atomic mass is 15.2. The van der Waals surface area contributed by atoms with Crippen molar-refractivity contribution in [3.63, 3.8) is 0 Å². The van der Waals surface area contributed by atoms with Gasteiger partial charge in [0.1, 0.15) is 0 Å². The maximum absolute atomic E-state index is 5.03. The second-order valence-electron chi connectivity index (χ2n) is 9.00. The van der Waals surface area contributed by atoms with Crippen LogP contribution < -0.4 is 0 Å². The third-order valence-electron chi connectivity index (χ3n) is 6.28. The zero-order chi connectivity index (χ0) is 22.3. The summed E-state index contributed by atoms with van der Waals surface area (Å²) >= 11 is 0. The molecule has 2 N–H and O–H groups in total. The van der Waals surface area contributed by atoms with Crippen molar-refractivity contribution < 1.29 is 0 Å². The number of imidazole rings is 2. The zero-order valence-electron chi connectivity index (χ0n) is 19.6. The molecule has 0 unspecified atom stereocenters. The van der Waals surface area contributed by atoms with Gasteiger partial charge in [-0.05, 0) is 59.0 Å². The summed E-state index contributed by atoms with van der Waals surface area (Å²) in [4.78, 5) is 27.9. The van der Waals surface area contributed by atoms with E-state index in [0.717, 1.165) is 99.4 Å². The summed E-state index contributed by atoms with van der Waals surface area (Å²) in [6.45, 7) is 11.8. The second kappa shape index (κ2) is 10.8. The SMILES string of the molecule is Cc1[nH]cnc1CN1CCCN(C)CCCN(Cc2nc[nH]c2C)Cc2cccc(n2)C1. The van der Waals surface area contributed by atoms with E-state index in [1.54, 1.807) is 12.7 Å². The van der Waals surface area contributed by atoms with E-state index in [1.807, 2.05) is 0 Å². The number of nitrogens with zero attached hydrogens (tertiary/aromatic N) is 6. The number of H-pyrrole nitrogens is 2. The van der Waals surface area contributed by atoms with Crippen LogP contribution >= 0.6 is 0 Å². The lowest BCUT2D eigenvalue weighted by atomic mass is 10.2. The Labute approximate surface area is 191 Å². The van der Waals surface area contributed by atoms with Gasteiger partial charge in [0.2, 0.25) is 0 Å². The molecule has 0 aliphatic carbocycles. The molecule has 0 amide bonds. The van der Waals surface area contributed by atoms with Crippen LogP contribution in [0.25, 0.3) is 0 Å². The Morgan fingerprint density at radius 3 is 1.72 bits per heavy atom. The Bertz CT molecular complexity index is 904. The monoisotopic (exact) mass is 436 g/mol. The number of fused-ring (bicyclic) bond motifs is 2. The average molecular weight is 437 g/mol. The highest BCUT2D eigenvalue weighted by Crippen LogP contribution is 2.14. The predicted molar refractivity (Wildman–Crippen MR) is 126 cm³/mol. The number of aromatic amines is 2. The molecule has 4 heterocycles. The molecule has 0 saturated heterocycles. The van der Waals surface area contributed by atoms with Crippen LogP contribution in [0.4, 0.5) is 0 Å². The first-order valence-electron chi connectivity index (χ1n) is 11.6. The van der Waals surface area contributed by atoms with E-state index in [4.69, 9.17) is 4.98 Å². The minimum absolute atomic E-state index is 0.836. The van der Waals surface area contributed by atoms with Crippen molar-refractivity contribution in [2.75, 3.05) is 33.2 Å². The summed E-state index contributed by atoms with van der Waals surface area (Å²) in [6, 6.07) is 6.44. The maximum atomic E-state index is 5.03. The summed E-state index contributed by atoms with van der Waals surface area (Å²) in [7, 11) is 2.24. The lowest BCUT2D eigenvalue weighted by molar-refractivity contribution is 0.205. The Balaban J connectivity index is 1.52. The number of aromatic nitrogens is 5. The van der Waals surface area contributed by atoms with Gasteiger partial charge in [0.15, 0.2) is 0 Å². The fraction of sp³-hybridized carbons (Fsp3) is 0.542. The normalized spacial score (nSPS) is 18.0. The summed E-state index contributed by atoms with van der Waals surface area (Å²) in [5, 5.41) is 0. The Hall–Kier alpha value is -2.55. The van der Waals surface area contributed by atoms with Gasteiger partial charge in [0.25, 0.3) is 0 Å². The highest BCUT2D eigenvalue weighted by molar-refractivity contribution is 5.14. The largest absolute Gasteiger partial charge is 0.348 e. The molecule has 0 atom stereocenters. The van der Waals surface area contributed by atoms with Crippen molar-refractivity contribution in [3.8, 4) is 0 Å². The summed E-state index contributed by atoms with van der Waals surface area (Å²) in [5.41, 5.74) is 6.78. The smallest absolute Gasteiger partial charge is 0.0925 e. The average Bonchev–Trinajstić information content (AvgIpc) is 3.35. The van der Waals surface area contributed by atoms with Gasteiger partial charge in [-0.2, -0.15) is 0 Å². The van der Waals surface area contributed by atoms with Crippen LogP contribution in [0.1, 0.15) is 47.0 Å². The van der Waals surface area contributed by atoms with Crippen molar-refractivity contribution in [3.05, 3.63) is 65.0 Å². The van der Waals surface area contributed by atoms with Crippen molar-refractivity contribution in [1.29, 1.82) is 0 Å². The molecule has 8 nitrogen and oxygen atoms in total. The van der Waals surface area contributed by atoms with Crippen molar-refractivity contribution in [2.24, 2.45) is 0 Å². The molecule has 4 rings (SSSR count). The Morgan fingerprint density at radius 1 is 0.781 bits per heavy atom. The van der Waals surface area contributed by atoms with E-state index in [2.05, 4.69) is 73.7 Å². The van der Waals surface area contributed by atoms with Crippen LogP contribution in [0.3, 0.4) is 0 Å². The van der Waals surface area contributed by atoms with Gasteiger partial charge in [-0.3, -0.25) is 14.8 Å². The van der Waals surface area contributed by atoms with Crippen LogP contribution in [0.2, 0.25) is 0 Å². The van der Waals surface area contributed by atoms with Crippen LogP contribution in [0.5, 0.6) is 0 Å². The first-order valence-corrected chi connectivity index (χ1v) is 11.6.